The molecular weight excluding hydrogens is 309 g/mol. The topological polar surface area (TPSA) is 31.4 Å². The first-order chi connectivity index (χ1) is 12.4. The molecule has 3 heterocycles. The lowest BCUT2D eigenvalue weighted by atomic mass is 9.35. The maximum atomic E-state index is 6.42. The van der Waals surface area contributed by atoms with E-state index >= 15 is 0 Å². The first-order valence-corrected chi connectivity index (χ1v) is 8.99. The molecule has 2 aromatic carbocycles. The van der Waals surface area contributed by atoms with Crippen molar-refractivity contribution >= 4 is 23.1 Å². The Kier molecular flexibility index (Phi) is 2.64. The van der Waals surface area contributed by atoms with E-state index in [2.05, 4.69) is 30.3 Å². The molecule has 3 aromatic rings. The fraction of sp³-hybridized carbons (Fsp3) is 0.190. The summed E-state index contributed by atoms with van der Waals surface area (Å²) in [4.78, 5) is 4.92. The van der Waals surface area contributed by atoms with Crippen molar-refractivity contribution in [2.24, 2.45) is 0 Å². The van der Waals surface area contributed by atoms with Gasteiger partial charge in [-0.1, -0.05) is 36.4 Å². The van der Waals surface area contributed by atoms with Crippen LogP contribution in [0.1, 0.15) is 24.1 Å². The van der Waals surface area contributed by atoms with Gasteiger partial charge in [0.15, 0.2) is 0 Å². The minimum absolute atomic E-state index is 0.139. The van der Waals surface area contributed by atoms with E-state index in [1.807, 2.05) is 18.2 Å². The Morgan fingerprint density at radius 2 is 1.48 bits per heavy atom. The van der Waals surface area contributed by atoms with Crippen molar-refractivity contribution in [3.8, 4) is 23.1 Å². The molecule has 0 unspecified atom stereocenters. The standard InChI is InChI=1S/C21H16BNO2/c1-4-10-16-13(7-1)20-19-21(23-16)25-18-12-6-3-9-15(18)22(19)14-8-2-5-11-17(14)24-20/h2-3,5-6,8-9,11-12H,1,4,7,10H2. The highest BCUT2D eigenvalue weighted by Gasteiger charge is 2.42. The van der Waals surface area contributed by atoms with Gasteiger partial charge < -0.3 is 9.47 Å². The summed E-state index contributed by atoms with van der Waals surface area (Å²) in [6.07, 6.45) is 4.44. The van der Waals surface area contributed by atoms with Crippen LogP contribution in [0, 0.1) is 0 Å². The monoisotopic (exact) mass is 325 g/mol. The maximum absolute atomic E-state index is 6.42. The zero-order valence-electron chi connectivity index (χ0n) is 13.8. The van der Waals surface area contributed by atoms with E-state index < -0.39 is 0 Å². The van der Waals surface area contributed by atoms with Gasteiger partial charge in [-0.05, 0) is 48.7 Å². The third-order valence-corrected chi connectivity index (χ3v) is 5.59. The second-order valence-corrected chi connectivity index (χ2v) is 7.00. The third kappa shape index (κ3) is 1.80. The molecule has 0 amide bonds. The van der Waals surface area contributed by atoms with E-state index in [4.69, 9.17) is 14.5 Å². The largest absolute Gasteiger partial charge is 0.458 e. The highest BCUT2D eigenvalue weighted by molar-refractivity contribution is 6.98. The molecule has 0 saturated carbocycles. The molecule has 0 N–H and O–H groups in total. The molecule has 6 rings (SSSR count). The number of aryl methyl sites for hydroxylation is 1. The van der Waals surface area contributed by atoms with Gasteiger partial charge in [-0.3, -0.25) is 0 Å². The first kappa shape index (κ1) is 13.5. The van der Waals surface area contributed by atoms with Crippen molar-refractivity contribution < 1.29 is 9.47 Å². The Bertz CT molecular complexity index is 1020. The average molecular weight is 325 g/mol. The zero-order chi connectivity index (χ0) is 16.4. The fourth-order valence-corrected chi connectivity index (χ4v) is 4.47. The summed E-state index contributed by atoms with van der Waals surface area (Å²) in [5.41, 5.74) is 5.94. The molecule has 0 fully saturated rings. The van der Waals surface area contributed by atoms with Crippen molar-refractivity contribution in [3.63, 3.8) is 0 Å². The fourth-order valence-electron chi connectivity index (χ4n) is 4.47. The summed E-state index contributed by atoms with van der Waals surface area (Å²) < 4.78 is 12.6. The molecule has 3 aliphatic rings. The smallest absolute Gasteiger partial charge is 0.262 e. The van der Waals surface area contributed by atoms with Gasteiger partial charge in [0.2, 0.25) is 5.88 Å². The molecule has 4 heteroatoms. The molecular formula is C21H16BNO2. The zero-order valence-corrected chi connectivity index (χ0v) is 13.8. The summed E-state index contributed by atoms with van der Waals surface area (Å²) >= 11 is 0. The summed E-state index contributed by atoms with van der Waals surface area (Å²) in [6, 6.07) is 16.7. The lowest BCUT2D eigenvalue weighted by Gasteiger charge is -2.34. The van der Waals surface area contributed by atoms with Crippen molar-refractivity contribution in [2.45, 2.75) is 25.7 Å². The average Bonchev–Trinajstić information content (AvgIpc) is 2.67. The van der Waals surface area contributed by atoms with Gasteiger partial charge in [-0.25, -0.2) is 4.98 Å². The molecule has 0 atom stereocenters. The van der Waals surface area contributed by atoms with Crippen LogP contribution in [0.3, 0.4) is 0 Å². The second-order valence-electron chi connectivity index (χ2n) is 7.00. The molecule has 0 spiro atoms. The molecule has 0 bridgehead atoms. The van der Waals surface area contributed by atoms with Crippen LogP contribution >= 0.6 is 0 Å². The number of para-hydroxylation sites is 2. The maximum Gasteiger partial charge on any atom is 0.262 e. The molecule has 120 valence electrons. The highest BCUT2D eigenvalue weighted by atomic mass is 16.5. The van der Waals surface area contributed by atoms with Gasteiger partial charge in [-0.15, -0.1) is 0 Å². The number of rotatable bonds is 0. The minimum atomic E-state index is 0.139. The number of fused-ring (bicyclic) bond motifs is 6. The van der Waals surface area contributed by atoms with Crippen LogP contribution < -0.4 is 25.9 Å². The number of ether oxygens (including phenoxy) is 2. The normalized spacial score (nSPS) is 15.9. The lowest BCUT2D eigenvalue weighted by molar-refractivity contribution is 0.439. The number of nitrogens with zero attached hydrogens (tertiary/aromatic N) is 1. The number of hydrogen-bond donors (Lipinski definition) is 0. The molecule has 0 saturated heterocycles. The number of benzene rings is 2. The van der Waals surface area contributed by atoms with E-state index in [0.717, 1.165) is 47.1 Å². The van der Waals surface area contributed by atoms with Crippen LogP contribution in [-0.2, 0) is 12.8 Å². The SMILES string of the molecule is c1ccc2c(c1)Oc1nc3c(c4c1B2c1ccccc1O4)CCCC3. The quantitative estimate of drug-likeness (QED) is 0.410. The van der Waals surface area contributed by atoms with Crippen LogP contribution in [0.5, 0.6) is 23.1 Å². The molecule has 0 radical (unpaired) electrons. The first-order valence-electron chi connectivity index (χ1n) is 8.99. The number of pyridine rings is 1. The lowest BCUT2D eigenvalue weighted by Crippen LogP contribution is -2.58. The summed E-state index contributed by atoms with van der Waals surface area (Å²) in [7, 11) is 0. The highest BCUT2D eigenvalue weighted by Crippen LogP contribution is 2.38. The van der Waals surface area contributed by atoms with E-state index in [-0.39, 0.29) is 6.71 Å². The summed E-state index contributed by atoms with van der Waals surface area (Å²) in [5.74, 6) is 3.60. The van der Waals surface area contributed by atoms with Crippen molar-refractivity contribution in [3.05, 3.63) is 59.8 Å². The molecule has 3 nitrogen and oxygen atoms in total. The third-order valence-electron chi connectivity index (χ3n) is 5.59. The van der Waals surface area contributed by atoms with Crippen LogP contribution in [0.15, 0.2) is 48.5 Å². The summed E-state index contributed by atoms with van der Waals surface area (Å²) in [5, 5.41) is 0. The van der Waals surface area contributed by atoms with E-state index in [9.17, 15) is 0 Å². The Morgan fingerprint density at radius 1 is 0.800 bits per heavy atom. The second kappa shape index (κ2) is 4.88. The molecule has 1 aliphatic carbocycles. The Morgan fingerprint density at radius 3 is 2.28 bits per heavy atom. The van der Waals surface area contributed by atoms with Crippen LogP contribution in [0.25, 0.3) is 0 Å². The molecule has 1 aromatic heterocycles. The predicted molar refractivity (Wildman–Crippen MR) is 98.6 cm³/mol. The van der Waals surface area contributed by atoms with Gasteiger partial charge in [-0.2, -0.15) is 0 Å². The van der Waals surface area contributed by atoms with E-state index in [1.165, 1.54) is 29.3 Å². The predicted octanol–water partition coefficient (Wildman–Crippen LogP) is 2.69. The molecule has 25 heavy (non-hydrogen) atoms. The Labute approximate surface area is 146 Å². The van der Waals surface area contributed by atoms with Gasteiger partial charge >= 0.3 is 0 Å². The molecule has 2 aliphatic heterocycles. The van der Waals surface area contributed by atoms with Crippen LogP contribution in [-0.4, -0.2) is 11.7 Å². The number of aromatic nitrogens is 1. The van der Waals surface area contributed by atoms with Crippen molar-refractivity contribution in [1.29, 1.82) is 0 Å². The van der Waals surface area contributed by atoms with E-state index in [1.54, 1.807) is 0 Å². The van der Waals surface area contributed by atoms with Crippen molar-refractivity contribution in [2.75, 3.05) is 0 Å². The van der Waals surface area contributed by atoms with Gasteiger partial charge in [0.1, 0.15) is 17.2 Å². The summed E-state index contributed by atoms with van der Waals surface area (Å²) in [6.45, 7) is 0.139. The van der Waals surface area contributed by atoms with Gasteiger partial charge in [0.25, 0.3) is 6.71 Å². The van der Waals surface area contributed by atoms with Crippen LogP contribution in [0.2, 0.25) is 0 Å². The van der Waals surface area contributed by atoms with E-state index in [0.29, 0.717) is 0 Å². The van der Waals surface area contributed by atoms with Gasteiger partial charge in [0, 0.05) is 11.0 Å². The Hall–Kier alpha value is -2.75. The van der Waals surface area contributed by atoms with Crippen LogP contribution in [0.4, 0.5) is 0 Å². The van der Waals surface area contributed by atoms with Gasteiger partial charge in [0.05, 0.1) is 5.69 Å². The minimum Gasteiger partial charge on any atom is -0.458 e. The Balaban J connectivity index is 1.70. The number of hydrogen-bond acceptors (Lipinski definition) is 3. The van der Waals surface area contributed by atoms with Crippen molar-refractivity contribution in [1.82, 2.24) is 4.98 Å².